The smallest absolute Gasteiger partial charge is 0.237 e. The monoisotopic (exact) mass is 402 g/mol. The number of para-hydroxylation sites is 1. The fraction of sp³-hybridized carbons (Fsp3) is 0.211. The van der Waals surface area contributed by atoms with Crippen LogP contribution in [0.15, 0.2) is 47.6 Å². The van der Waals surface area contributed by atoms with E-state index in [1.54, 1.807) is 17.6 Å². The highest BCUT2D eigenvalue weighted by atomic mass is 35.5. The average Bonchev–Trinajstić information content (AvgIpc) is 2.93. The molecule has 0 aliphatic carbocycles. The van der Waals surface area contributed by atoms with Crippen LogP contribution in [0.3, 0.4) is 0 Å². The molecular weight excluding hydrogens is 387 g/mol. The Balaban J connectivity index is 1.62. The van der Waals surface area contributed by atoms with Gasteiger partial charge < -0.3 is 5.32 Å². The lowest BCUT2D eigenvalue weighted by atomic mass is 10.1. The van der Waals surface area contributed by atoms with Gasteiger partial charge in [0.25, 0.3) is 0 Å². The second-order valence-corrected chi connectivity index (χ2v) is 7.83. The van der Waals surface area contributed by atoms with Gasteiger partial charge in [-0.2, -0.15) is 0 Å². The number of carbonyl (C=O) groups excluding carboxylic acids is 1. The molecule has 5 nitrogen and oxygen atoms in total. The number of rotatable bonds is 3. The second kappa shape index (κ2) is 7.32. The predicted molar refractivity (Wildman–Crippen MR) is 104 cm³/mol. The molecule has 138 valence electrons. The van der Waals surface area contributed by atoms with Gasteiger partial charge in [-0.25, -0.2) is 4.39 Å². The summed E-state index contributed by atoms with van der Waals surface area (Å²) < 4.78 is 15.3. The highest BCUT2D eigenvalue weighted by molar-refractivity contribution is 8.00. The number of nitrogens with one attached hydrogen (secondary N) is 1. The van der Waals surface area contributed by atoms with Gasteiger partial charge in [-0.15, -0.1) is 10.2 Å². The first-order chi connectivity index (χ1) is 13.0. The van der Waals surface area contributed by atoms with E-state index in [1.165, 1.54) is 23.9 Å². The minimum Gasteiger partial charge on any atom is -0.325 e. The molecule has 2 heterocycles. The molecule has 4 rings (SSSR count). The minimum atomic E-state index is -0.485. The summed E-state index contributed by atoms with van der Waals surface area (Å²) in [7, 11) is 0. The summed E-state index contributed by atoms with van der Waals surface area (Å²) >= 11 is 7.27. The molecule has 0 fully saturated rings. The molecule has 2 aromatic carbocycles. The van der Waals surface area contributed by atoms with E-state index in [2.05, 4.69) is 15.5 Å². The Morgan fingerprint density at radius 2 is 2.07 bits per heavy atom. The zero-order chi connectivity index (χ0) is 19.0. The summed E-state index contributed by atoms with van der Waals surface area (Å²) in [5.74, 6) is 0.0908. The number of nitrogens with zero attached hydrogens (tertiary/aromatic N) is 3. The van der Waals surface area contributed by atoms with Crippen LogP contribution in [0.1, 0.15) is 17.8 Å². The lowest BCUT2D eigenvalue weighted by Gasteiger charge is -2.14. The van der Waals surface area contributed by atoms with Crippen LogP contribution in [0.25, 0.3) is 5.69 Å². The van der Waals surface area contributed by atoms with E-state index in [4.69, 9.17) is 11.6 Å². The van der Waals surface area contributed by atoms with Crippen LogP contribution in [0.4, 0.5) is 10.1 Å². The Labute approximate surface area is 164 Å². The number of hydrogen-bond donors (Lipinski definition) is 1. The maximum absolute atomic E-state index is 13.5. The summed E-state index contributed by atoms with van der Waals surface area (Å²) in [6.07, 6.45) is 1.48. The number of amides is 1. The summed E-state index contributed by atoms with van der Waals surface area (Å²) in [5.41, 5.74) is 2.63. The summed E-state index contributed by atoms with van der Waals surface area (Å²) in [4.78, 5) is 12.7. The van der Waals surface area contributed by atoms with E-state index in [1.807, 2.05) is 24.3 Å². The largest absolute Gasteiger partial charge is 0.325 e. The first-order valence-electron chi connectivity index (χ1n) is 8.46. The van der Waals surface area contributed by atoms with Crippen molar-refractivity contribution >= 4 is 35.0 Å². The number of fused-ring (bicyclic) bond motifs is 1. The third kappa shape index (κ3) is 3.57. The number of benzene rings is 2. The molecular formula is C19H16ClFN4OS. The number of carbonyl (C=O) groups is 1. The second-order valence-electron chi connectivity index (χ2n) is 6.26. The molecule has 0 saturated heterocycles. The van der Waals surface area contributed by atoms with Crippen LogP contribution < -0.4 is 5.32 Å². The number of hydrogen-bond acceptors (Lipinski definition) is 4. The van der Waals surface area contributed by atoms with Gasteiger partial charge in [0.2, 0.25) is 5.91 Å². The van der Waals surface area contributed by atoms with Gasteiger partial charge in [0, 0.05) is 5.69 Å². The molecule has 27 heavy (non-hydrogen) atoms. The van der Waals surface area contributed by atoms with E-state index >= 15 is 0 Å². The molecule has 1 aliphatic rings. The molecule has 0 saturated carbocycles. The Bertz CT molecular complexity index is 1020. The fourth-order valence-corrected chi connectivity index (χ4v) is 4.33. The van der Waals surface area contributed by atoms with E-state index in [9.17, 15) is 9.18 Å². The first-order valence-corrected chi connectivity index (χ1v) is 9.71. The van der Waals surface area contributed by atoms with Gasteiger partial charge in [0.15, 0.2) is 5.16 Å². The van der Waals surface area contributed by atoms with Gasteiger partial charge in [0.05, 0.1) is 16.0 Å². The Hall–Kier alpha value is -2.38. The molecule has 0 radical (unpaired) electrons. The molecule has 0 bridgehead atoms. The molecule has 8 heteroatoms. The maximum Gasteiger partial charge on any atom is 0.237 e. The van der Waals surface area contributed by atoms with Crippen molar-refractivity contribution in [1.82, 2.24) is 14.8 Å². The van der Waals surface area contributed by atoms with Crippen molar-refractivity contribution in [1.29, 1.82) is 0 Å². The van der Waals surface area contributed by atoms with Crippen LogP contribution in [0.2, 0.25) is 5.02 Å². The van der Waals surface area contributed by atoms with E-state index in [-0.39, 0.29) is 16.2 Å². The van der Waals surface area contributed by atoms with Crippen molar-refractivity contribution in [2.24, 2.45) is 0 Å². The molecule has 1 aliphatic heterocycles. The number of anilines is 1. The highest BCUT2D eigenvalue weighted by Crippen LogP contribution is 2.32. The zero-order valence-electron chi connectivity index (χ0n) is 14.4. The van der Waals surface area contributed by atoms with Gasteiger partial charge in [0.1, 0.15) is 11.6 Å². The van der Waals surface area contributed by atoms with Gasteiger partial charge in [-0.05, 0) is 49.6 Å². The summed E-state index contributed by atoms with van der Waals surface area (Å²) in [6, 6.07) is 12.3. The third-order valence-corrected chi connectivity index (χ3v) is 5.95. The lowest BCUT2D eigenvalue weighted by molar-refractivity contribution is -0.115. The van der Waals surface area contributed by atoms with Crippen molar-refractivity contribution in [2.75, 3.05) is 5.32 Å². The van der Waals surface area contributed by atoms with Crippen molar-refractivity contribution in [3.63, 3.8) is 0 Å². The maximum atomic E-state index is 13.5. The summed E-state index contributed by atoms with van der Waals surface area (Å²) in [6.45, 7) is 1.80. The van der Waals surface area contributed by atoms with Gasteiger partial charge in [-0.1, -0.05) is 41.6 Å². The van der Waals surface area contributed by atoms with Crippen LogP contribution >= 0.6 is 23.4 Å². The van der Waals surface area contributed by atoms with Crippen LogP contribution in [-0.4, -0.2) is 25.9 Å². The molecule has 1 N–H and O–H groups in total. The van der Waals surface area contributed by atoms with Crippen molar-refractivity contribution in [3.05, 3.63) is 64.7 Å². The Morgan fingerprint density at radius 3 is 2.89 bits per heavy atom. The summed E-state index contributed by atoms with van der Waals surface area (Å²) in [5, 5.41) is 11.6. The molecule has 1 amide bonds. The van der Waals surface area contributed by atoms with Crippen LogP contribution in [0.5, 0.6) is 0 Å². The quantitative estimate of drug-likeness (QED) is 0.704. The van der Waals surface area contributed by atoms with Crippen molar-refractivity contribution < 1.29 is 9.18 Å². The van der Waals surface area contributed by atoms with Crippen molar-refractivity contribution in [2.45, 2.75) is 30.2 Å². The van der Waals surface area contributed by atoms with E-state index < -0.39 is 5.82 Å². The standard InChI is InChI=1S/C19H16ClFN4OS/c1-11-23-24-19(25(11)13-7-8-15(21)14(20)10-13)27-17-9-6-12-4-2-3-5-16(12)22-18(17)26/h2-5,7-8,10,17H,6,9H2,1H3,(H,22,26). The van der Waals surface area contributed by atoms with Crippen LogP contribution in [0, 0.1) is 12.7 Å². The average molecular weight is 403 g/mol. The van der Waals surface area contributed by atoms with Gasteiger partial charge in [-0.3, -0.25) is 9.36 Å². The SMILES string of the molecule is Cc1nnc(SC2CCc3ccccc3NC2=O)n1-c1ccc(F)c(Cl)c1. The molecule has 3 aromatic rings. The van der Waals surface area contributed by atoms with E-state index in [0.717, 1.165) is 17.7 Å². The Kier molecular flexibility index (Phi) is 4.88. The minimum absolute atomic E-state index is 0.0270. The number of aryl methyl sites for hydroxylation is 2. The molecule has 1 aromatic heterocycles. The molecule has 1 atom stereocenters. The Morgan fingerprint density at radius 1 is 1.26 bits per heavy atom. The number of thioether (sulfide) groups is 1. The fourth-order valence-electron chi connectivity index (χ4n) is 3.07. The predicted octanol–water partition coefficient (Wildman–Crippen LogP) is 4.41. The van der Waals surface area contributed by atoms with Gasteiger partial charge >= 0.3 is 0 Å². The number of halogens is 2. The first kappa shape index (κ1) is 18.0. The third-order valence-electron chi connectivity index (χ3n) is 4.45. The van der Waals surface area contributed by atoms with Crippen molar-refractivity contribution in [3.8, 4) is 5.69 Å². The highest BCUT2D eigenvalue weighted by Gasteiger charge is 2.27. The molecule has 1 unspecified atom stereocenters. The van der Waals surface area contributed by atoms with Crippen LogP contribution in [-0.2, 0) is 11.2 Å². The lowest BCUT2D eigenvalue weighted by Crippen LogP contribution is -2.24. The normalized spacial score (nSPS) is 16.6. The number of aromatic nitrogens is 3. The zero-order valence-corrected chi connectivity index (χ0v) is 16.0. The van der Waals surface area contributed by atoms with E-state index in [0.29, 0.717) is 23.1 Å². The molecule has 0 spiro atoms. The topological polar surface area (TPSA) is 59.8 Å².